The van der Waals surface area contributed by atoms with Crippen molar-refractivity contribution in [1.82, 2.24) is 4.98 Å². The van der Waals surface area contributed by atoms with Gasteiger partial charge in [0.15, 0.2) is 17.5 Å². The van der Waals surface area contributed by atoms with Crippen LogP contribution in [-0.4, -0.2) is 12.0 Å². The van der Waals surface area contributed by atoms with Crippen molar-refractivity contribution in [3.05, 3.63) is 52.6 Å². The van der Waals surface area contributed by atoms with E-state index in [0.717, 1.165) is 11.6 Å². The highest BCUT2D eigenvalue weighted by atomic mass is 35.5. The molecule has 1 aromatic carbocycles. The summed E-state index contributed by atoms with van der Waals surface area (Å²) >= 11 is 6.99. The lowest BCUT2D eigenvalue weighted by molar-refractivity contribution is 0.551. The molecule has 0 aliphatic heterocycles. The van der Waals surface area contributed by atoms with E-state index in [4.69, 9.17) is 11.6 Å². The Bertz CT molecular complexity index is 576. The zero-order valence-electron chi connectivity index (χ0n) is 10.1. The number of hydrogen-bond acceptors (Lipinski definition) is 3. The lowest BCUT2D eigenvalue weighted by Gasteiger charge is -2.06. The Hall–Kier alpha value is -1.33. The molecule has 100 valence electrons. The van der Waals surface area contributed by atoms with E-state index in [-0.39, 0.29) is 10.8 Å². The van der Waals surface area contributed by atoms with Crippen molar-refractivity contribution in [2.24, 2.45) is 0 Å². The Morgan fingerprint density at radius 3 is 2.53 bits per heavy atom. The number of halogens is 3. The fourth-order valence-electron chi connectivity index (χ4n) is 1.46. The van der Waals surface area contributed by atoms with E-state index in [0.29, 0.717) is 10.8 Å². The van der Waals surface area contributed by atoms with Crippen molar-refractivity contribution in [2.75, 3.05) is 12.4 Å². The van der Waals surface area contributed by atoms with Gasteiger partial charge in [0, 0.05) is 23.9 Å². The number of rotatable bonds is 4. The first-order chi connectivity index (χ1) is 9.10. The number of pyridine rings is 1. The van der Waals surface area contributed by atoms with E-state index in [1.807, 2.05) is 12.1 Å². The van der Waals surface area contributed by atoms with Gasteiger partial charge in [-0.15, -0.1) is 0 Å². The first kappa shape index (κ1) is 14.1. The number of anilines is 1. The molecule has 2 rings (SSSR count). The van der Waals surface area contributed by atoms with Crippen molar-refractivity contribution in [3.63, 3.8) is 0 Å². The molecule has 1 heterocycles. The topological polar surface area (TPSA) is 24.9 Å². The molecule has 1 N–H and O–H groups in total. The standard InChI is InChI=1S/C13H11ClF2N2S/c1-17-12-10(15)6-11(16)13(18-12)19-7-8-2-4-9(14)5-3-8/h2-6H,7H2,1H3,(H,17,18). The number of aromatic nitrogens is 1. The van der Waals surface area contributed by atoms with Gasteiger partial charge in [-0.05, 0) is 17.7 Å². The van der Waals surface area contributed by atoms with Crippen LogP contribution in [0, 0.1) is 11.6 Å². The summed E-state index contributed by atoms with van der Waals surface area (Å²) in [6.07, 6.45) is 0. The van der Waals surface area contributed by atoms with Gasteiger partial charge in [0.1, 0.15) is 5.03 Å². The van der Waals surface area contributed by atoms with Crippen LogP contribution in [0.4, 0.5) is 14.6 Å². The third kappa shape index (κ3) is 3.58. The number of benzene rings is 1. The largest absolute Gasteiger partial charge is 0.371 e. The zero-order valence-corrected chi connectivity index (χ0v) is 11.7. The highest BCUT2D eigenvalue weighted by molar-refractivity contribution is 7.98. The van der Waals surface area contributed by atoms with Crippen LogP contribution < -0.4 is 5.32 Å². The Morgan fingerprint density at radius 1 is 1.21 bits per heavy atom. The van der Waals surface area contributed by atoms with Crippen molar-refractivity contribution in [3.8, 4) is 0 Å². The maximum absolute atomic E-state index is 13.6. The molecule has 0 bridgehead atoms. The molecule has 2 nitrogen and oxygen atoms in total. The Labute approximate surface area is 119 Å². The second-order valence-corrected chi connectivity index (χ2v) is 5.17. The summed E-state index contributed by atoms with van der Waals surface area (Å²) in [4.78, 5) is 3.90. The van der Waals surface area contributed by atoms with Crippen LogP contribution in [0.5, 0.6) is 0 Å². The smallest absolute Gasteiger partial charge is 0.168 e. The molecule has 0 radical (unpaired) electrons. The lowest BCUT2D eigenvalue weighted by Crippen LogP contribution is -2.00. The van der Waals surface area contributed by atoms with Crippen molar-refractivity contribution >= 4 is 29.2 Å². The van der Waals surface area contributed by atoms with Gasteiger partial charge in [-0.25, -0.2) is 13.8 Å². The third-order valence-corrected chi connectivity index (χ3v) is 3.71. The van der Waals surface area contributed by atoms with Crippen LogP contribution in [0.3, 0.4) is 0 Å². The van der Waals surface area contributed by atoms with Crippen molar-refractivity contribution < 1.29 is 8.78 Å². The fourth-order valence-corrected chi connectivity index (χ4v) is 2.43. The van der Waals surface area contributed by atoms with Crippen molar-refractivity contribution in [1.29, 1.82) is 0 Å². The summed E-state index contributed by atoms with van der Waals surface area (Å²) in [7, 11) is 1.54. The third-order valence-electron chi connectivity index (χ3n) is 2.42. The minimum absolute atomic E-state index is 0.0417. The first-order valence-electron chi connectivity index (χ1n) is 5.51. The predicted octanol–water partition coefficient (Wildman–Crippen LogP) is 4.35. The average Bonchev–Trinajstić information content (AvgIpc) is 2.40. The monoisotopic (exact) mass is 300 g/mol. The average molecular weight is 301 g/mol. The number of thioether (sulfide) groups is 1. The molecule has 0 aliphatic rings. The molecule has 2 aromatic rings. The molecule has 0 saturated heterocycles. The van der Waals surface area contributed by atoms with E-state index < -0.39 is 11.6 Å². The van der Waals surface area contributed by atoms with Gasteiger partial charge in [0.25, 0.3) is 0 Å². The molecule has 0 spiro atoms. The molecular formula is C13H11ClF2N2S. The SMILES string of the molecule is CNc1nc(SCc2ccc(Cl)cc2)c(F)cc1F. The van der Waals surface area contributed by atoms with Crippen LogP contribution in [0.15, 0.2) is 35.4 Å². The summed E-state index contributed by atoms with van der Waals surface area (Å²) < 4.78 is 26.8. The number of hydrogen-bond donors (Lipinski definition) is 1. The summed E-state index contributed by atoms with van der Waals surface area (Å²) in [5.74, 6) is -0.776. The Kier molecular flexibility index (Phi) is 4.61. The molecule has 1 aromatic heterocycles. The number of nitrogens with one attached hydrogen (secondary N) is 1. The maximum Gasteiger partial charge on any atom is 0.168 e. The highest BCUT2D eigenvalue weighted by Crippen LogP contribution is 2.27. The molecule has 0 amide bonds. The van der Waals surface area contributed by atoms with Gasteiger partial charge in [-0.1, -0.05) is 35.5 Å². The molecule has 0 atom stereocenters. The van der Waals surface area contributed by atoms with Gasteiger partial charge in [0.2, 0.25) is 0 Å². The molecule has 19 heavy (non-hydrogen) atoms. The van der Waals surface area contributed by atoms with E-state index in [2.05, 4.69) is 10.3 Å². The molecular weight excluding hydrogens is 290 g/mol. The first-order valence-corrected chi connectivity index (χ1v) is 6.87. The highest BCUT2D eigenvalue weighted by Gasteiger charge is 2.11. The summed E-state index contributed by atoms with van der Waals surface area (Å²) in [6, 6.07) is 8.09. The van der Waals surface area contributed by atoms with Crippen LogP contribution in [0.2, 0.25) is 5.02 Å². The lowest BCUT2D eigenvalue weighted by atomic mass is 10.2. The second-order valence-electron chi connectivity index (χ2n) is 3.77. The quantitative estimate of drug-likeness (QED) is 0.850. The summed E-state index contributed by atoms with van der Waals surface area (Å²) in [6.45, 7) is 0. The van der Waals surface area contributed by atoms with E-state index >= 15 is 0 Å². The van der Waals surface area contributed by atoms with Crippen LogP contribution in [-0.2, 0) is 5.75 Å². The normalized spacial score (nSPS) is 10.5. The molecule has 0 saturated carbocycles. The molecule has 0 aliphatic carbocycles. The summed E-state index contributed by atoms with van der Waals surface area (Å²) in [5.41, 5.74) is 0.992. The number of nitrogens with zero attached hydrogens (tertiary/aromatic N) is 1. The van der Waals surface area contributed by atoms with Gasteiger partial charge >= 0.3 is 0 Å². The zero-order chi connectivity index (χ0) is 13.8. The minimum atomic E-state index is -0.698. The Balaban J connectivity index is 2.13. The van der Waals surface area contributed by atoms with E-state index in [1.54, 1.807) is 12.1 Å². The van der Waals surface area contributed by atoms with Crippen LogP contribution >= 0.6 is 23.4 Å². The van der Waals surface area contributed by atoms with Crippen LogP contribution in [0.25, 0.3) is 0 Å². The Morgan fingerprint density at radius 2 is 1.89 bits per heavy atom. The van der Waals surface area contributed by atoms with Gasteiger partial charge < -0.3 is 5.32 Å². The molecule has 0 fully saturated rings. The van der Waals surface area contributed by atoms with E-state index in [1.165, 1.54) is 18.8 Å². The summed E-state index contributed by atoms with van der Waals surface area (Å²) in [5, 5.41) is 3.40. The van der Waals surface area contributed by atoms with Gasteiger partial charge in [0.05, 0.1) is 0 Å². The second kappa shape index (κ2) is 6.21. The van der Waals surface area contributed by atoms with Gasteiger partial charge in [-0.2, -0.15) is 0 Å². The molecule has 0 unspecified atom stereocenters. The van der Waals surface area contributed by atoms with Gasteiger partial charge in [-0.3, -0.25) is 0 Å². The molecule has 6 heteroatoms. The maximum atomic E-state index is 13.6. The van der Waals surface area contributed by atoms with Crippen molar-refractivity contribution in [2.45, 2.75) is 10.8 Å². The fraction of sp³-hybridized carbons (Fsp3) is 0.154. The van der Waals surface area contributed by atoms with Crippen LogP contribution in [0.1, 0.15) is 5.56 Å². The van der Waals surface area contributed by atoms with E-state index in [9.17, 15) is 8.78 Å². The minimum Gasteiger partial charge on any atom is -0.371 e. The predicted molar refractivity (Wildman–Crippen MR) is 74.7 cm³/mol.